The molecule has 0 aromatic heterocycles. The van der Waals surface area contributed by atoms with E-state index < -0.39 is 10.0 Å². The molecule has 1 aliphatic heterocycles. The predicted octanol–water partition coefficient (Wildman–Crippen LogP) is 3.98. The van der Waals surface area contributed by atoms with Gasteiger partial charge in [0.1, 0.15) is 0 Å². The molecular formula is C21H26N2O3S. The Hall–Kier alpha value is -2.34. The van der Waals surface area contributed by atoms with Gasteiger partial charge in [-0.15, -0.1) is 0 Å². The topological polar surface area (TPSA) is 57.7 Å². The lowest BCUT2D eigenvalue weighted by atomic mass is 9.90. The van der Waals surface area contributed by atoms with Crippen LogP contribution in [0.3, 0.4) is 0 Å². The normalized spacial score (nSPS) is 19.7. The number of hydrogen-bond donors (Lipinski definition) is 0. The first kappa shape index (κ1) is 19.4. The average molecular weight is 387 g/mol. The maximum atomic E-state index is 12.8. The molecule has 3 rings (SSSR count). The minimum Gasteiger partial charge on any atom is -0.309 e. The van der Waals surface area contributed by atoms with Gasteiger partial charge in [0, 0.05) is 17.6 Å². The molecule has 0 bridgehead atoms. The number of anilines is 2. The summed E-state index contributed by atoms with van der Waals surface area (Å²) in [5, 5.41) is 0. The molecule has 0 saturated heterocycles. The first-order valence-corrected chi connectivity index (χ1v) is 11.0. The summed E-state index contributed by atoms with van der Waals surface area (Å²) in [6.45, 7) is 5.75. The van der Waals surface area contributed by atoms with Crippen molar-refractivity contribution in [1.29, 1.82) is 0 Å². The third-order valence-corrected chi connectivity index (χ3v) is 6.12. The van der Waals surface area contributed by atoms with E-state index in [4.69, 9.17) is 0 Å². The maximum absolute atomic E-state index is 12.8. The highest BCUT2D eigenvalue weighted by atomic mass is 32.2. The van der Waals surface area contributed by atoms with Crippen molar-refractivity contribution in [2.75, 3.05) is 15.5 Å². The molecule has 0 aliphatic carbocycles. The first-order valence-electron chi connectivity index (χ1n) is 9.18. The zero-order chi connectivity index (χ0) is 19.8. The second-order valence-corrected chi connectivity index (χ2v) is 9.28. The Labute approximate surface area is 161 Å². The molecule has 144 valence electrons. The molecule has 2 aromatic carbocycles. The molecule has 1 aliphatic rings. The summed E-state index contributed by atoms with van der Waals surface area (Å²) >= 11 is 0. The van der Waals surface area contributed by atoms with Gasteiger partial charge < -0.3 is 4.90 Å². The largest absolute Gasteiger partial charge is 0.309 e. The Morgan fingerprint density at radius 1 is 1.07 bits per heavy atom. The number of sulfonamides is 1. The summed E-state index contributed by atoms with van der Waals surface area (Å²) in [6, 6.07) is 16.3. The Balaban J connectivity index is 2.16. The Kier molecular flexibility index (Phi) is 5.29. The van der Waals surface area contributed by atoms with Crippen LogP contribution >= 0.6 is 0 Å². The van der Waals surface area contributed by atoms with Crippen LogP contribution < -0.4 is 9.21 Å². The molecule has 2 atom stereocenters. The van der Waals surface area contributed by atoms with Crippen molar-refractivity contribution in [2.24, 2.45) is 5.92 Å². The van der Waals surface area contributed by atoms with Crippen molar-refractivity contribution >= 4 is 27.3 Å². The molecular weight excluding hydrogens is 360 g/mol. The van der Waals surface area contributed by atoms with Crippen LogP contribution in [0.25, 0.3) is 0 Å². The van der Waals surface area contributed by atoms with Gasteiger partial charge in [-0.3, -0.25) is 9.10 Å². The maximum Gasteiger partial charge on any atom is 0.232 e. The van der Waals surface area contributed by atoms with Crippen molar-refractivity contribution < 1.29 is 13.2 Å². The summed E-state index contributed by atoms with van der Waals surface area (Å²) in [5.74, 6) is -0.0730. The highest BCUT2D eigenvalue weighted by Gasteiger charge is 2.39. The summed E-state index contributed by atoms with van der Waals surface area (Å²) in [4.78, 5) is 14.6. The van der Waals surface area contributed by atoms with Gasteiger partial charge in [-0.25, -0.2) is 8.42 Å². The monoisotopic (exact) mass is 386 g/mol. The predicted molar refractivity (Wildman–Crippen MR) is 109 cm³/mol. The molecule has 2 aromatic rings. The highest BCUT2D eigenvalue weighted by molar-refractivity contribution is 7.92. The lowest BCUT2D eigenvalue weighted by Crippen LogP contribution is -2.48. The van der Waals surface area contributed by atoms with E-state index in [1.807, 2.05) is 68.1 Å². The molecule has 27 heavy (non-hydrogen) atoms. The lowest BCUT2D eigenvalue weighted by molar-refractivity contribution is -0.122. The van der Waals surface area contributed by atoms with Gasteiger partial charge in [0.05, 0.1) is 18.0 Å². The number of carbonyl (C=O) groups excluding carboxylic acids is 1. The Bertz CT molecular complexity index is 925. The number of carbonyl (C=O) groups is 1. The number of hydrogen-bond acceptors (Lipinski definition) is 3. The van der Waals surface area contributed by atoms with Crippen molar-refractivity contribution in [2.45, 2.75) is 39.3 Å². The van der Waals surface area contributed by atoms with E-state index in [1.165, 1.54) is 10.6 Å². The van der Waals surface area contributed by atoms with Gasteiger partial charge in [-0.05, 0) is 37.1 Å². The molecule has 1 heterocycles. The molecule has 0 unspecified atom stereocenters. The zero-order valence-corrected chi connectivity index (χ0v) is 17.0. The van der Waals surface area contributed by atoms with Crippen LogP contribution in [0.15, 0.2) is 54.6 Å². The van der Waals surface area contributed by atoms with Crippen LogP contribution in [0.2, 0.25) is 0 Å². The molecule has 6 heteroatoms. The van der Waals surface area contributed by atoms with E-state index in [2.05, 4.69) is 0 Å². The van der Waals surface area contributed by atoms with Crippen LogP contribution in [-0.4, -0.2) is 26.6 Å². The number of amides is 1. The molecule has 0 spiro atoms. The zero-order valence-electron chi connectivity index (χ0n) is 16.2. The minimum absolute atomic E-state index is 0.0546. The van der Waals surface area contributed by atoms with E-state index in [0.29, 0.717) is 12.1 Å². The number of para-hydroxylation sites is 2. The minimum atomic E-state index is -3.51. The van der Waals surface area contributed by atoms with E-state index in [-0.39, 0.29) is 23.9 Å². The highest BCUT2D eigenvalue weighted by Crippen LogP contribution is 2.43. The molecule has 5 nitrogen and oxygen atoms in total. The van der Waals surface area contributed by atoms with Crippen LogP contribution in [0, 0.1) is 5.92 Å². The summed E-state index contributed by atoms with van der Waals surface area (Å²) in [6.07, 6.45) is 1.77. The van der Waals surface area contributed by atoms with E-state index in [9.17, 15) is 13.2 Å². The van der Waals surface area contributed by atoms with Gasteiger partial charge in [-0.1, -0.05) is 50.2 Å². The fourth-order valence-electron chi connectivity index (χ4n) is 3.80. The summed E-state index contributed by atoms with van der Waals surface area (Å²) in [7, 11) is -3.51. The first-order chi connectivity index (χ1) is 12.7. The van der Waals surface area contributed by atoms with Crippen molar-refractivity contribution in [1.82, 2.24) is 0 Å². The van der Waals surface area contributed by atoms with E-state index >= 15 is 0 Å². The van der Waals surface area contributed by atoms with Crippen LogP contribution in [-0.2, 0) is 14.8 Å². The Morgan fingerprint density at radius 2 is 1.67 bits per heavy atom. The van der Waals surface area contributed by atoms with E-state index in [0.717, 1.165) is 11.3 Å². The molecule has 1 amide bonds. The summed E-state index contributed by atoms with van der Waals surface area (Å²) in [5.41, 5.74) is 2.29. The third kappa shape index (κ3) is 3.72. The number of rotatable bonds is 4. The SMILES string of the molecule is CC(C)C(=O)N1c2ccccc2[C@@H](N(c2ccccc2)S(C)(=O)=O)C[C@@H]1C. The quantitative estimate of drug-likeness (QED) is 0.799. The van der Waals surface area contributed by atoms with Crippen LogP contribution in [0.5, 0.6) is 0 Å². The van der Waals surface area contributed by atoms with Gasteiger partial charge in [0.25, 0.3) is 0 Å². The van der Waals surface area contributed by atoms with Gasteiger partial charge in [0.2, 0.25) is 15.9 Å². The van der Waals surface area contributed by atoms with Gasteiger partial charge in [0.15, 0.2) is 0 Å². The Morgan fingerprint density at radius 3 is 2.26 bits per heavy atom. The van der Waals surface area contributed by atoms with Crippen LogP contribution in [0.1, 0.15) is 38.8 Å². The van der Waals surface area contributed by atoms with Gasteiger partial charge in [-0.2, -0.15) is 0 Å². The fourth-order valence-corrected chi connectivity index (χ4v) is 4.96. The number of benzene rings is 2. The second kappa shape index (κ2) is 7.35. The van der Waals surface area contributed by atoms with Crippen molar-refractivity contribution in [3.8, 4) is 0 Å². The second-order valence-electron chi connectivity index (χ2n) is 7.42. The fraction of sp³-hybridized carbons (Fsp3) is 0.381. The van der Waals surface area contributed by atoms with Crippen molar-refractivity contribution in [3.63, 3.8) is 0 Å². The summed E-state index contributed by atoms with van der Waals surface area (Å²) < 4.78 is 26.9. The number of fused-ring (bicyclic) bond motifs is 1. The molecule has 0 saturated carbocycles. The molecule has 0 fully saturated rings. The average Bonchev–Trinajstić information content (AvgIpc) is 2.61. The molecule has 0 radical (unpaired) electrons. The lowest BCUT2D eigenvalue weighted by Gasteiger charge is -2.43. The third-order valence-electron chi connectivity index (χ3n) is 4.94. The number of nitrogens with zero attached hydrogens (tertiary/aromatic N) is 2. The van der Waals surface area contributed by atoms with E-state index in [1.54, 1.807) is 12.1 Å². The smallest absolute Gasteiger partial charge is 0.232 e. The van der Waals surface area contributed by atoms with Crippen LogP contribution in [0.4, 0.5) is 11.4 Å². The standard InChI is InChI=1S/C21H26N2O3S/c1-15(2)21(24)22-16(3)14-20(18-12-8-9-13-19(18)22)23(27(4,25)26)17-10-6-5-7-11-17/h5-13,15-16,20H,14H2,1-4H3/t16-,20-/m0/s1. The van der Waals surface area contributed by atoms with Gasteiger partial charge >= 0.3 is 0 Å². The van der Waals surface area contributed by atoms with Crippen molar-refractivity contribution in [3.05, 3.63) is 60.2 Å². The molecule has 0 N–H and O–H groups in total.